The van der Waals surface area contributed by atoms with Crippen LogP contribution in [0.3, 0.4) is 0 Å². The van der Waals surface area contributed by atoms with E-state index in [9.17, 15) is 4.79 Å². The molecule has 4 nitrogen and oxygen atoms in total. The second-order valence-corrected chi connectivity index (χ2v) is 3.72. The van der Waals surface area contributed by atoms with Crippen LogP contribution in [0.1, 0.15) is 23.7 Å². The molecule has 0 aliphatic heterocycles. The van der Waals surface area contributed by atoms with E-state index < -0.39 is 0 Å². The first-order valence-corrected chi connectivity index (χ1v) is 5.29. The minimum absolute atomic E-state index is 0.0352. The molecule has 0 atom stereocenters. The number of halogens is 1. The van der Waals surface area contributed by atoms with Crippen molar-refractivity contribution in [2.24, 2.45) is 0 Å². The molecule has 0 radical (unpaired) electrons. The number of hydrogen-bond donors (Lipinski definition) is 0. The number of ketones is 1. The molecule has 0 spiro atoms. The van der Waals surface area contributed by atoms with Crippen LogP contribution >= 0.6 is 11.6 Å². The average molecular weight is 236 g/mol. The van der Waals surface area contributed by atoms with Crippen molar-refractivity contribution in [3.8, 4) is 5.69 Å². The van der Waals surface area contributed by atoms with Crippen LogP contribution in [0.5, 0.6) is 0 Å². The molecule has 0 saturated carbocycles. The third-order valence-electron chi connectivity index (χ3n) is 2.25. The van der Waals surface area contributed by atoms with Gasteiger partial charge in [0.25, 0.3) is 0 Å². The molecule has 0 N–H and O–H groups in total. The fraction of sp³-hybridized carbons (Fsp3) is 0.182. The molecule has 2 aromatic rings. The first-order valence-electron chi connectivity index (χ1n) is 4.92. The van der Waals surface area contributed by atoms with Crippen LogP contribution in [0.2, 0.25) is 5.02 Å². The monoisotopic (exact) mass is 235 g/mol. The molecule has 82 valence electrons. The maximum atomic E-state index is 11.8. The number of Topliss-reactive ketones (excluding diaryl/α,β-unsaturated/α-hetero) is 1. The lowest BCUT2D eigenvalue weighted by atomic mass is 10.1. The summed E-state index contributed by atoms with van der Waals surface area (Å²) in [6, 6.07) is 5.15. The topological polar surface area (TPSA) is 47.8 Å². The number of hydrogen-bond acceptors (Lipinski definition) is 3. The smallest absolute Gasteiger partial charge is 0.164 e. The van der Waals surface area contributed by atoms with Crippen molar-refractivity contribution in [1.82, 2.24) is 15.0 Å². The first kappa shape index (κ1) is 10.8. The van der Waals surface area contributed by atoms with E-state index in [1.165, 1.54) is 0 Å². The summed E-state index contributed by atoms with van der Waals surface area (Å²) in [5.74, 6) is 0.0352. The van der Waals surface area contributed by atoms with Gasteiger partial charge < -0.3 is 0 Å². The van der Waals surface area contributed by atoms with E-state index in [-0.39, 0.29) is 5.78 Å². The highest BCUT2D eigenvalue weighted by Crippen LogP contribution is 2.20. The standard InChI is InChI=1S/C11H10ClN3O/c1-2-11(16)9-7-8(12)3-4-10(9)15-6-5-13-14-15/h3-7H,2H2,1H3. The Labute approximate surface area is 97.8 Å². The molecular weight excluding hydrogens is 226 g/mol. The third kappa shape index (κ3) is 1.97. The number of rotatable bonds is 3. The largest absolute Gasteiger partial charge is 0.294 e. The van der Waals surface area contributed by atoms with Crippen molar-refractivity contribution in [2.75, 3.05) is 0 Å². The highest BCUT2D eigenvalue weighted by Gasteiger charge is 2.12. The Bertz CT molecular complexity index is 508. The Hall–Kier alpha value is -1.68. The number of nitrogens with zero attached hydrogens (tertiary/aromatic N) is 3. The number of benzene rings is 1. The predicted octanol–water partition coefficient (Wildman–Crippen LogP) is 2.51. The molecular formula is C11H10ClN3O. The quantitative estimate of drug-likeness (QED) is 0.768. The van der Waals surface area contributed by atoms with Gasteiger partial charge in [-0.3, -0.25) is 4.79 Å². The molecule has 1 aromatic heterocycles. The molecule has 0 saturated heterocycles. The number of carbonyl (C=O) groups is 1. The fourth-order valence-electron chi connectivity index (χ4n) is 1.46. The fourth-order valence-corrected chi connectivity index (χ4v) is 1.63. The van der Waals surface area contributed by atoms with Crippen LogP contribution < -0.4 is 0 Å². The minimum Gasteiger partial charge on any atom is -0.294 e. The minimum atomic E-state index is 0.0352. The predicted molar refractivity (Wildman–Crippen MR) is 61.0 cm³/mol. The van der Waals surface area contributed by atoms with Gasteiger partial charge in [0, 0.05) is 17.0 Å². The van der Waals surface area contributed by atoms with Crippen LogP contribution in [0.4, 0.5) is 0 Å². The lowest BCUT2D eigenvalue weighted by Crippen LogP contribution is -2.06. The van der Waals surface area contributed by atoms with Gasteiger partial charge in [-0.2, -0.15) is 0 Å². The van der Waals surface area contributed by atoms with Crippen molar-refractivity contribution < 1.29 is 4.79 Å². The molecule has 0 aliphatic carbocycles. The number of carbonyl (C=O) groups excluding carboxylic acids is 1. The summed E-state index contributed by atoms with van der Waals surface area (Å²) >= 11 is 5.88. The van der Waals surface area contributed by atoms with Gasteiger partial charge in [0.05, 0.1) is 18.1 Å². The third-order valence-corrected chi connectivity index (χ3v) is 2.48. The zero-order chi connectivity index (χ0) is 11.5. The Morgan fingerprint density at radius 1 is 1.50 bits per heavy atom. The van der Waals surface area contributed by atoms with Crippen molar-refractivity contribution in [3.63, 3.8) is 0 Å². The maximum absolute atomic E-state index is 11.8. The van der Waals surface area contributed by atoms with Gasteiger partial charge in [0.1, 0.15) is 0 Å². The van der Waals surface area contributed by atoms with Gasteiger partial charge in [-0.1, -0.05) is 23.7 Å². The molecule has 5 heteroatoms. The average Bonchev–Trinajstić information content (AvgIpc) is 2.81. The maximum Gasteiger partial charge on any atom is 0.164 e. The molecule has 2 rings (SSSR count). The zero-order valence-corrected chi connectivity index (χ0v) is 9.48. The second kappa shape index (κ2) is 4.45. The normalized spacial score (nSPS) is 10.4. The molecule has 0 aliphatic rings. The van der Waals surface area contributed by atoms with Gasteiger partial charge in [-0.05, 0) is 18.2 Å². The molecule has 1 heterocycles. The highest BCUT2D eigenvalue weighted by molar-refractivity contribution is 6.31. The number of aromatic nitrogens is 3. The summed E-state index contributed by atoms with van der Waals surface area (Å²) in [6.45, 7) is 1.81. The Morgan fingerprint density at radius 3 is 2.94 bits per heavy atom. The van der Waals surface area contributed by atoms with Gasteiger partial charge in [0.2, 0.25) is 0 Å². The molecule has 0 bridgehead atoms. The molecule has 1 aromatic carbocycles. The van der Waals surface area contributed by atoms with Crippen molar-refractivity contribution >= 4 is 17.4 Å². The summed E-state index contributed by atoms with van der Waals surface area (Å²) in [7, 11) is 0. The van der Waals surface area contributed by atoms with Crippen LogP contribution in [-0.2, 0) is 0 Å². The molecule has 0 amide bonds. The van der Waals surface area contributed by atoms with E-state index in [1.54, 1.807) is 35.3 Å². The van der Waals surface area contributed by atoms with Crippen LogP contribution in [0.15, 0.2) is 30.6 Å². The van der Waals surface area contributed by atoms with Gasteiger partial charge in [0.15, 0.2) is 5.78 Å². The Morgan fingerprint density at radius 2 is 2.31 bits per heavy atom. The van der Waals surface area contributed by atoms with E-state index in [0.29, 0.717) is 22.7 Å². The summed E-state index contributed by atoms with van der Waals surface area (Å²) in [6.07, 6.45) is 3.69. The Balaban J connectivity index is 2.57. The molecule has 0 unspecified atom stereocenters. The van der Waals surface area contributed by atoms with Crippen LogP contribution in [0.25, 0.3) is 5.69 Å². The van der Waals surface area contributed by atoms with E-state index >= 15 is 0 Å². The summed E-state index contributed by atoms with van der Waals surface area (Å²) in [5, 5.41) is 8.12. The first-order chi connectivity index (χ1) is 7.72. The summed E-state index contributed by atoms with van der Waals surface area (Å²) < 4.78 is 1.55. The van der Waals surface area contributed by atoms with E-state index in [0.717, 1.165) is 0 Å². The second-order valence-electron chi connectivity index (χ2n) is 3.29. The molecule has 16 heavy (non-hydrogen) atoms. The van der Waals surface area contributed by atoms with Gasteiger partial charge in [-0.25, -0.2) is 4.68 Å². The van der Waals surface area contributed by atoms with Gasteiger partial charge in [-0.15, -0.1) is 5.10 Å². The van der Waals surface area contributed by atoms with Crippen LogP contribution in [-0.4, -0.2) is 20.8 Å². The zero-order valence-electron chi connectivity index (χ0n) is 8.72. The van der Waals surface area contributed by atoms with Gasteiger partial charge >= 0.3 is 0 Å². The van der Waals surface area contributed by atoms with Crippen LogP contribution in [0, 0.1) is 0 Å². The summed E-state index contributed by atoms with van der Waals surface area (Å²) in [4.78, 5) is 11.8. The SMILES string of the molecule is CCC(=O)c1cc(Cl)ccc1-n1ccnn1. The lowest BCUT2D eigenvalue weighted by Gasteiger charge is -2.07. The lowest BCUT2D eigenvalue weighted by molar-refractivity contribution is 0.0988. The Kier molecular flexibility index (Phi) is 3.01. The van der Waals surface area contributed by atoms with Crippen molar-refractivity contribution in [3.05, 3.63) is 41.2 Å². The summed E-state index contributed by atoms with van der Waals surface area (Å²) in [5.41, 5.74) is 1.27. The van der Waals surface area contributed by atoms with E-state index in [2.05, 4.69) is 10.3 Å². The highest BCUT2D eigenvalue weighted by atomic mass is 35.5. The van der Waals surface area contributed by atoms with Crippen molar-refractivity contribution in [2.45, 2.75) is 13.3 Å². The molecule has 0 fully saturated rings. The van der Waals surface area contributed by atoms with E-state index in [1.807, 2.05) is 6.92 Å². The van der Waals surface area contributed by atoms with Crippen molar-refractivity contribution in [1.29, 1.82) is 0 Å². The van der Waals surface area contributed by atoms with E-state index in [4.69, 9.17) is 11.6 Å².